The third kappa shape index (κ3) is 5.36. The van der Waals surface area contributed by atoms with E-state index in [2.05, 4.69) is 5.32 Å². The topological polar surface area (TPSA) is 86.3 Å². The number of anilines is 2. The van der Waals surface area contributed by atoms with Gasteiger partial charge in [0.15, 0.2) is 11.5 Å². The van der Waals surface area contributed by atoms with Crippen LogP contribution in [0.4, 0.5) is 11.4 Å². The number of thioether (sulfide) groups is 1. The fourth-order valence-corrected chi connectivity index (χ4v) is 5.30. The summed E-state index contributed by atoms with van der Waals surface area (Å²) >= 11 is 1.59. The van der Waals surface area contributed by atoms with Gasteiger partial charge in [0.05, 0.1) is 39.8 Å². The zero-order valence-corrected chi connectivity index (χ0v) is 21.4. The highest BCUT2D eigenvalue weighted by Gasteiger charge is 2.31. The van der Waals surface area contributed by atoms with Crippen molar-refractivity contribution in [2.75, 3.05) is 45.2 Å². The molecule has 1 heterocycles. The number of carbonyl (C=O) groups is 2. The number of rotatable bonds is 8. The number of ether oxygens (including phenoxy) is 4. The lowest BCUT2D eigenvalue weighted by Gasteiger charge is -2.22. The van der Waals surface area contributed by atoms with Gasteiger partial charge in [-0.2, -0.15) is 0 Å². The van der Waals surface area contributed by atoms with Crippen molar-refractivity contribution in [1.29, 1.82) is 0 Å². The first-order valence-electron chi connectivity index (χ1n) is 11.3. The Morgan fingerprint density at radius 3 is 2.39 bits per heavy atom. The summed E-state index contributed by atoms with van der Waals surface area (Å²) in [5.74, 6) is 1.82. The van der Waals surface area contributed by atoms with Crippen LogP contribution in [0, 0.1) is 0 Å². The van der Waals surface area contributed by atoms with Crippen molar-refractivity contribution in [2.24, 2.45) is 0 Å². The zero-order valence-electron chi connectivity index (χ0n) is 20.6. The van der Waals surface area contributed by atoms with Crippen molar-refractivity contribution in [3.63, 3.8) is 0 Å². The highest BCUT2D eigenvalue weighted by molar-refractivity contribution is 7.99. The lowest BCUT2D eigenvalue weighted by Crippen LogP contribution is -2.38. The molecule has 1 aliphatic rings. The summed E-state index contributed by atoms with van der Waals surface area (Å²) in [6, 6.07) is 18.4. The molecule has 9 heteroatoms. The molecule has 0 bridgehead atoms. The van der Waals surface area contributed by atoms with E-state index in [1.165, 1.54) is 12.0 Å². The Bertz CT molecular complexity index is 1260. The molecular weight excluding hydrogens is 480 g/mol. The van der Waals surface area contributed by atoms with E-state index < -0.39 is 0 Å². The Balaban J connectivity index is 1.58. The quantitative estimate of drug-likeness (QED) is 0.462. The normalized spacial score (nSPS) is 14.9. The molecule has 0 aliphatic carbocycles. The monoisotopic (exact) mass is 508 g/mol. The van der Waals surface area contributed by atoms with Crippen LogP contribution in [0.25, 0.3) is 0 Å². The first-order valence-corrected chi connectivity index (χ1v) is 12.1. The SMILES string of the molecule is COc1ccc(NC(=O)CN2C(=O)CC(c3ccc(OC)c(OC)c3)Sc3ccccc32)c(OC)c1. The van der Waals surface area contributed by atoms with Crippen LogP contribution in [0.2, 0.25) is 0 Å². The van der Waals surface area contributed by atoms with Gasteiger partial charge in [-0.05, 0) is 42.0 Å². The molecule has 0 radical (unpaired) electrons. The number of amides is 2. The van der Waals surface area contributed by atoms with E-state index in [9.17, 15) is 9.59 Å². The summed E-state index contributed by atoms with van der Waals surface area (Å²) in [6.45, 7) is -0.135. The Labute approximate surface area is 214 Å². The molecule has 0 saturated carbocycles. The Kier molecular flexibility index (Phi) is 7.90. The summed E-state index contributed by atoms with van der Waals surface area (Å²) in [5.41, 5.74) is 2.14. The first kappa shape index (κ1) is 25.2. The van der Waals surface area contributed by atoms with Crippen LogP contribution in [0.5, 0.6) is 23.0 Å². The number of hydrogen-bond donors (Lipinski definition) is 1. The Morgan fingerprint density at radius 1 is 0.917 bits per heavy atom. The third-order valence-electron chi connectivity index (χ3n) is 5.85. The van der Waals surface area contributed by atoms with Gasteiger partial charge in [0.25, 0.3) is 0 Å². The molecule has 36 heavy (non-hydrogen) atoms. The van der Waals surface area contributed by atoms with Gasteiger partial charge in [0, 0.05) is 22.6 Å². The van der Waals surface area contributed by atoms with E-state index in [1.807, 2.05) is 42.5 Å². The number of nitrogens with zero attached hydrogens (tertiary/aromatic N) is 1. The minimum Gasteiger partial charge on any atom is -0.497 e. The van der Waals surface area contributed by atoms with Crippen molar-refractivity contribution in [1.82, 2.24) is 0 Å². The van der Waals surface area contributed by atoms with E-state index in [4.69, 9.17) is 18.9 Å². The van der Waals surface area contributed by atoms with Crippen LogP contribution >= 0.6 is 11.8 Å². The minimum atomic E-state index is -0.337. The Hall–Kier alpha value is -3.85. The molecule has 0 saturated heterocycles. The van der Waals surface area contributed by atoms with Crippen LogP contribution < -0.4 is 29.2 Å². The second kappa shape index (κ2) is 11.3. The number of para-hydroxylation sites is 1. The highest BCUT2D eigenvalue weighted by atomic mass is 32.2. The van der Waals surface area contributed by atoms with Gasteiger partial charge in [-0.3, -0.25) is 9.59 Å². The first-order chi connectivity index (χ1) is 17.5. The van der Waals surface area contributed by atoms with Crippen molar-refractivity contribution < 1.29 is 28.5 Å². The number of carbonyl (C=O) groups excluding carboxylic acids is 2. The lowest BCUT2D eigenvalue weighted by atomic mass is 10.1. The van der Waals surface area contributed by atoms with Gasteiger partial charge in [-0.25, -0.2) is 0 Å². The van der Waals surface area contributed by atoms with E-state index in [0.717, 1.165) is 10.5 Å². The predicted octanol–water partition coefficient (Wildman–Crippen LogP) is 4.93. The number of hydrogen-bond acceptors (Lipinski definition) is 7. The maximum absolute atomic E-state index is 13.5. The van der Waals surface area contributed by atoms with E-state index in [1.54, 1.807) is 51.3 Å². The molecule has 3 aromatic rings. The third-order valence-corrected chi connectivity index (χ3v) is 7.17. The molecule has 4 rings (SSSR count). The summed E-state index contributed by atoms with van der Waals surface area (Å²) in [6.07, 6.45) is 0.216. The van der Waals surface area contributed by atoms with Gasteiger partial charge in [0.2, 0.25) is 11.8 Å². The number of fused-ring (bicyclic) bond motifs is 1. The molecule has 1 N–H and O–H groups in total. The average Bonchev–Trinajstić information content (AvgIpc) is 3.04. The second-order valence-electron chi connectivity index (χ2n) is 7.99. The summed E-state index contributed by atoms with van der Waals surface area (Å²) in [5, 5.41) is 2.69. The fourth-order valence-electron chi connectivity index (χ4n) is 4.03. The Morgan fingerprint density at radius 2 is 1.67 bits per heavy atom. The molecule has 0 spiro atoms. The molecule has 1 atom stereocenters. The second-order valence-corrected chi connectivity index (χ2v) is 9.23. The molecule has 3 aromatic carbocycles. The van der Waals surface area contributed by atoms with Crippen molar-refractivity contribution >= 4 is 35.0 Å². The average molecular weight is 509 g/mol. The summed E-state index contributed by atoms with van der Waals surface area (Å²) in [7, 11) is 6.25. The largest absolute Gasteiger partial charge is 0.497 e. The molecule has 0 fully saturated rings. The number of benzene rings is 3. The van der Waals surface area contributed by atoms with Crippen LogP contribution in [0.15, 0.2) is 65.6 Å². The van der Waals surface area contributed by atoms with Crippen LogP contribution in [-0.4, -0.2) is 46.8 Å². The van der Waals surface area contributed by atoms with Crippen LogP contribution in [0.3, 0.4) is 0 Å². The maximum atomic E-state index is 13.5. The summed E-state index contributed by atoms with van der Waals surface area (Å²) in [4.78, 5) is 29.0. The molecule has 188 valence electrons. The molecule has 1 unspecified atom stereocenters. The molecular formula is C27H28N2O6S. The van der Waals surface area contributed by atoms with Crippen molar-refractivity contribution in [3.8, 4) is 23.0 Å². The van der Waals surface area contributed by atoms with E-state index >= 15 is 0 Å². The van der Waals surface area contributed by atoms with Crippen molar-refractivity contribution in [3.05, 3.63) is 66.2 Å². The van der Waals surface area contributed by atoms with Gasteiger partial charge in [0.1, 0.15) is 18.0 Å². The number of methoxy groups -OCH3 is 4. The number of nitrogens with one attached hydrogen (secondary N) is 1. The van der Waals surface area contributed by atoms with Crippen LogP contribution in [0.1, 0.15) is 17.2 Å². The smallest absolute Gasteiger partial charge is 0.244 e. The highest BCUT2D eigenvalue weighted by Crippen LogP contribution is 2.46. The van der Waals surface area contributed by atoms with Crippen LogP contribution in [-0.2, 0) is 9.59 Å². The molecule has 8 nitrogen and oxygen atoms in total. The van der Waals surface area contributed by atoms with Gasteiger partial charge in [-0.15, -0.1) is 11.8 Å². The van der Waals surface area contributed by atoms with Gasteiger partial charge in [-0.1, -0.05) is 18.2 Å². The van der Waals surface area contributed by atoms with Gasteiger partial charge >= 0.3 is 0 Å². The maximum Gasteiger partial charge on any atom is 0.244 e. The zero-order chi connectivity index (χ0) is 25.7. The van der Waals surface area contributed by atoms with Gasteiger partial charge < -0.3 is 29.2 Å². The fraction of sp³-hybridized carbons (Fsp3) is 0.259. The van der Waals surface area contributed by atoms with E-state index in [0.29, 0.717) is 34.4 Å². The molecule has 1 aliphatic heterocycles. The predicted molar refractivity (Wildman–Crippen MR) is 140 cm³/mol. The lowest BCUT2D eigenvalue weighted by molar-refractivity contribution is -0.121. The molecule has 2 amide bonds. The summed E-state index contributed by atoms with van der Waals surface area (Å²) < 4.78 is 21.4. The minimum absolute atomic E-state index is 0.135. The molecule has 0 aromatic heterocycles. The van der Waals surface area contributed by atoms with E-state index in [-0.39, 0.29) is 30.0 Å². The standard InChI is InChI=1S/C27H28N2O6S/c1-32-18-10-11-19(22(14-18)34-3)28-26(30)16-29-20-7-5-6-8-24(20)36-25(15-27(29)31)17-9-12-21(33-2)23(13-17)35-4/h5-14,25H,15-16H2,1-4H3,(H,28,30). The van der Waals surface area contributed by atoms with Crippen molar-refractivity contribution in [2.45, 2.75) is 16.6 Å².